The van der Waals surface area contributed by atoms with Crippen molar-refractivity contribution >= 4 is 28.7 Å². The molecule has 0 saturated heterocycles. The Hall–Kier alpha value is -2.73. The summed E-state index contributed by atoms with van der Waals surface area (Å²) >= 11 is 1.36. The molecular weight excluding hydrogens is 300 g/mol. The largest absolute Gasteiger partial charge is 0.472 e. The smallest absolute Gasteiger partial charge is 0.275 e. The second-order valence-electron chi connectivity index (χ2n) is 4.61. The van der Waals surface area contributed by atoms with Gasteiger partial charge in [-0.1, -0.05) is 12.1 Å². The topological polar surface area (TPSA) is 72.2 Å². The van der Waals surface area contributed by atoms with Gasteiger partial charge in [0, 0.05) is 16.5 Å². The van der Waals surface area contributed by atoms with E-state index in [2.05, 4.69) is 10.3 Å². The summed E-state index contributed by atoms with van der Waals surface area (Å²) in [6.45, 7) is 1.46. The lowest BCUT2D eigenvalue weighted by Gasteiger charge is -2.07. The minimum Gasteiger partial charge on any atom is -0.472 e. The number of hydrogen-bond acceptors (Lipinski definition) is 5. The number of Topliss-reactive ketones (excluding diaryl/α,β-unsaturated/α-hetero) is 1. The van der Waals surface area contributed by atoms with E-state index >= 15 is 0 Å². The standard InChI is InChI=1S/C16H12N2O3S/c1-10(19)12-4-2-3-5-13(12)17-15(20)14-9-22-16(18-14)11-6-7-21-8-11/h2-9H,1H3,(H,17,20). The number of furan rings is 1. The van der Waals surface area contributed by atoms with E-state index in [-0.39, 0.29) is 11.7 Å². The van der Waals surface area contributed by atoms with Crippen LogP contribution >= 0.6 is 11.3 Å². The van der Waals surface area contributed by atoms with Gasteiger partial charge in [0.25, 0.3) is 5.91 Å². The molecule has 0 atom stereocenters. The maximum atomic E-state index is 12.3. The molecule has 22 heavy (non-hydrogen) atoms. The maximum Gasteiger partial charge on any atom is 0.275 e. The molecule has 0 fully saturated rings. The first kappa shape index (κ1) is 14.2. The number of nitrogens with one attached hydrogen (secondary N) is 1. The molecular formula is C16H12N2O3S. The lowest BCUT2D eigenvalue weighted by molar-refractivity contribution is 0.101. The van der Waals surface area contributed by atoms with E-state index in [0.29, 0.717) is 22.0 Å². The van der Waals surface area contributed by atoms with Crippen molar-refractivity contribution in [3.05, 3.63) is 59.5 Å². The molecule has 0 saturated carbocycles. The molecule has 1 aromatic carbocycles. The molecule has 0 unspecified atom stereocenters. The zero-order valence-electron chi connectivity index (χ0n) is 11.7. The van der Waals surface area contributed by atoms with Crippen LogP contribution in [-0.4, -0.2) is 16.7 Å². The van der Waals surface area contributed by atoms with E-state index in [9.17, 15) is 9.59 Å². The van der Waals surface area contributed by atoms with Crippen molar-refractivity contribution in [3.63, 3.8) is 0 Å². The van der Waals surface area contributed by atoms with Gasteiger partial charge >= 0.3 is 0 Å². The third-order valence-electron chi connectivity index (χ3n) is 3.06. The highest BCUT2D eigenvalue weighted by atomic mass is 32.1. The molecule has 0 spiro atoms. The monoisotopic (exact) mass is 312 g/mol. The first-order chi connectivity index (χ1) is 10.6. The molecule has 3 aromatic rings. The van der Waals surface area contributed by atoms with Crippen LogP contribution in [0.2, 0.25) is 0 Å². The van der Waals surface area contributed by atoms with Crippen molar-refractivity contribution in [1.29, 1.82) is 0 Å². The quantitative estimate of drug-likeness (QED) is 0.743. The molecule has 2 heterocycles. The predicted molar refractivity (Wildman–Crippen MR) is 84.2 cm³/mol. The summed E-state index contributed by atoms with van der Waals surface area (Å²) in [5, 5.41) is 5.11. The Morgan fingerprint density at radius 1 is 1.23 bits per heavy atom. The van der Waals surface area contributed by atoms with Gasteiger partial charge in [0.15, 0.2) is 5.78 Å². The summed E-state index contributed by atoms with van der Waals surface area (Å²) in [6.07, 6.45) is 3.13. The zero-order valence-corrected chi connectivity index (χ0v) is 12.5. The van der Waals surface area contributed by atoms with Crippen molar-refractivity contribution in [2.45, 2.75) is 6.92 Å². The van der Waals surface area contributed by atoms with Crippen molar-refractivity contribution in [3.8, 4) is 10.6 Å². The number of para-hydroxylation sites is 1. The van der Waals surface area contributed by atoms with Crippen LogP contribution in [0.15, 0.2) is 52.7 Å². The van der Waals surface area contributed by atoms with Gasteiger partial charge in [-0.2, -0.15) is 0 Å². The Morgan fingerprint density at radius 2 is 2.05 bits per heavy atom. The van der Waals surface area contributed by atoms with Crippen molar-refractivity contribution in [1.82, 2.24) is 4.98 Å². The Kier molecular flexibility index (Phi) is 3.84. The van der Waals surface area contributed by atoms with E-state index in [1.54, 1.807) is 48.2 Å². The maximum absolute atomic E-state index is 12.3. The molecule has 3 rings (SSSR count). The lowest BCUT2D eigenvalue weighted by atomic mass is 10.1. The molecule has 6 heteroatoms. The van der Waals surface area contributed by atoms with Gasteiger partial charge in [-0.15, -0.1) is 11.3 Å². The number of amides is 1. The first-order valence-electron chi connectivity index (χ1n) is 6.54. The van der Waals surface area contributed by atoms with Crippen LogP contribution in [0.5, 0.6) is 0 Å². The van der Waals surface area contributed by atoms with Gasteiger partial charge in [-0.25, -0.2) is 4.98 Å². The van der Waals surface area contributed by atoms with Crippen LogP contribution in [0.1, 0.15) is 27.8 Å². The highest BCUT2D eigenvalue weighted by Gasteiger charge is 2.15. The first-order valence-corrected chi connectivity index (χ1v) is 7.42. The third kappa shape index (κ3) is 2.82. The van der Waals surface area contributed by atoms with E-state index in [1.165, 1.54) is 18.3 Å². The third-order valence-corrected chi connectivity index (χ3v) is 3.95. The number of benzene rings is 1. The summed E-state index contributed by atoms with van der Waals surface area (Å²) in [5.74, 6) is -0.451. The number of carbonyl (C=O) groups excluding carboxylic acids is 2. The van der Waals surface area contributed by atoms with Crippen molar-refractivity contribution < 1.29 is 14.0 Å². The fraction of sp³-hybridized carbons (Fsp3) is 0.0625. The normalized spacial score (nSPS) is 10.4. The predicted octanol–water partition coefficient (Wildman–Crippen LogP) is 3.86. The number of carbonyl (C=O) groups is 2. The van der Waals surface area contributed by atoms with Crippen molar-refractivity contribution in [2.24, 2.45) is 0 Å². The molecule has 1 N–H and O–H groups in total. The lowest BCUT2D eigenvalue weighted by Crippen LogP contribution is -2.14. The van der Waals surface area contributed by atoms with Gasteiger partial charge < -0.3 is 9.73 Å². The van der Waals surface area contributed by atoms with E-state index in [4.69, 9.17) is 4.42 Å². The average molecular weight is 312 g/mol. The Morgan fingerprint density at radius 3 is 2.77 bits per heavy atom. The minimum absolute atomic E-state index is 0.103. The van der Waals surface area contributed by atoms with Crippen LogP contribution in [0.3, 0.4) is 0 Å². The van der Waals surface area contributed by atoms with Crippen LogP contribution in [0.25, 0.3) is 10.6 Å². The molecule has 110 valence electrons. The van der Waals surface area contributed by atoms with Gasteiger partial charge in [0.2, 0.25) is 0 Å². The number of rotatable bonds is 4. The van der Waals surface area contributed by atoms with Crippen LogP contribution in [0.4, 0.5) is 5.69 Å². The number of ketones is 1. The zero-order chi connectivity index (χ0) is 15.5. The van der Waals surface area contributed by atoms with Crippen molar-refractivity contribution in [2.75, 3.05) is 5.32 Å². The average Bonchev–Trinajstić information content (AvgIpc) is 3.18. The molecule has 1 amide bonds. The Bertz CT molecular complexity index is 822. The molecule has 0 aliphatic heterocycles. The molecule has 5 nitrogen and oxygen atoms in total. The molecule has 0 aliphatic rings. The molecule has 2 aromatic heterocycles. The van der Waals surface area contributed by atoms with E-state index < -0.39 is 0 Å². The number of thiazole rings is 1. The number of anilines is 1. The molecule has 0 aliphatic carbocycles. The Labute approximate surface area is 130 Å². The number of nitrogens with zero attached hydrogens (tertiary/aromatic N) is 1. The fourth-order valence-electron chi connectivity index (χ4n) is 1.98. The summed E-state index contributed by atoms with van der Waals surface area (Å²) in [5.41, 5.74) is 2.09. The highest BCUT2D eigenvalue weighted by Crippen LogP contribution is 2.24. The summed E-state index contributed by atoms with van der Waals surface area (Å²) in [7, 11) is 0. The van der Waals surface area contributed by atoms with E-state index in [1.807, 2.05) is 0 Å². The number of hydrogen-bond donors (Lipinski definition) is 1. The second kappa shape index (κ2) is 5.95. The Balaban J connectivity index is 1.82. The molecule has 0 bridgehead atoms. The van der Waals surface area contributed by atoms with Gasteiger partial charge in [0.1, 0.15) is 17.0 Å². The van der Waals surface area contributed by atoms with Crippen LogP contribution in [0, 0.1) is 0 Å². The molecule has 0 radical (unpaired) electrons. The SMILES string of the molecule is CC(=O)c1ccccc1NC(=O)c1csc(-c2ccoc2)n1. The summed E-state index contributed by atoms with van der Waals surface area (Å²) in [6, 6.07) is 8.67. The minimum atomic E-state index is -0.348. The highest BCUT2D eigenvalue weighted by molar-refractivity contribution is 7.13. The van der Waals surface area contributed by atoms with Crippen LogP contribution < -0.4 is 5.32 Å². The summed E-state index contributed by atoms with van der Waals surface area (Å²) in [4.78, 5) is 28.1. The van der Waals surface area contributed by atoms with Crippen LogP contribution in [-0.2, 0) is 0 Å². The van der Waals surface area contributed by atoms with Gasteiger partial charge in [-0.05, 0) is 25.1 Å². The van der Waals surface area contributed by atoms with Gasteiger partial charge in [0.05, 0.1) is 12.0 Å². The fourth-order valence-corrected chi connectivity index (χ4v) is 2.77. The second-order valence-corrected chi connectivity index (χ2v) is 5.46. The summed E-state index contributed by atoms with van der Waals surface area (Å²) < 4.78 is 5.01. The van der Waals surface area contributed by atoms with Gasteiger partial charge in [-0.3, -0.25) is 9.59 Å². The number of aromatic nitrogens is 1. The van der Waals surface area contributed by atoms with E-state index in [0.717, 1.165) is 5.56 Å².